The van der Waals surface area contributed by atoms with Crippen molar-refractivity contribution in [3.8, 4) is 5.75 Å². The van der Waals surface area contributed by atoms with Gasteiger partial charge in [-0.15, -0.1) is 0 Å². The van der Waals surface area contributed by atoms with Crippen molar-refractivity contribution in [3.05, 3.63) is 40.2 Å². The molecule has 2 atom stereocenters. The SMILES string of the molecule is CC(C)CC(=O)OC1c2c(ccc3ccc(=O)oc23)OC(C)(C)C1OC(=O)C(C)C. The van der Waals surface area contributed by atoms with E-state index in [-0.39, 0.29) is 23.8 Å². The Labute approximate surface area is 175 Å². The van der Waals surface area contributed by atoms with Crippen LogP contribution < -0.4 is 10.4 Å². The van der Waals surface area contributed by atoms with Crippen molar-refractivity contribution in [2.75, 3.05) is 0 Å². The van der Waals surface area contributed by atoms with Crippen LogP contribution in [0.1, 0.15) is 59.6 Å². The third-order valence-corrected chi connectivity index (χ3v) is 4.95. The molecule has 2 aromatic rings. The molecule has 7 nitrogen and oxygen atoms in total. The molecule has 0 saturated heterocycles. The summed E-state index contributed by atoms with van der Waals surface area (Å²) in [4.78, 5) is 37.0. The summed E-state index contributed by atoms with van der Waals surface area (Å²) in [6.07, 6.45) is -1.70. The minimum absolute atomic E-state index is 0.0898. The Morgan fingerprint density at radius 3 is 2.37 bits per heavy atom. The molecule has 0 aliphatic carbocycles. The zero-order valence-electron chi connectivity index (χ0n) is 18.2. The Hall–Kier alpha value is -2.83. The van der Waals surface area contributed by atoms with E-state index in [9.17, 15) is 14.4 Å². The molecule has 0 radical (unpaired) electrons. The fourth-order valence-corrected chi connectivity index (χ4v) is 3.46. The van der Waals surface area contributed by atoms with E-state index in [2.05, 4.69) is 0 Å². The lowest BCUT2D eigenvalue weighted by Gasteiger charge is -2.43. The molecule has 1 aromatic carbocycles. The maximum atomic E-state index is 12.6. The predicted molar refractivity (Wildman–Crippen MR) is 110 cm³/mol. The second kappa shape index (κ2) is 8.13. The number of hydrogen-bond acceptors (Lipinski definition) is 7. The van der Waals surface area contributed by atoms with Crippen molar-refractivity contribution < 1.29 is 28.2 Å². The Balaban J connectivity index is 2.18. The minimum atomic E-state index is -0.983. The van der Waals surface area contributed by atoms with E-state index in [0.717, 1.165) is 0 Å². The quantitative estimate of drug-likeness (QED) is 0.534. The first kappa shape index (κ1) is 21.9. The molecule has 30 heavy (non-hydrogen) atoms. The molecule has 1 aliphatic rings. The monoisotopic (exact) mass is 416 g/mol. The molecule has 0 bridgehead atoms. The minimum Gasteiger partial charge on any atom is -0.483 e. The van der Waals surface area contributed by atoms with Crippen LogP contribution in [0.2, 0.25) is 0 Å². The maximum absolute atomic E-state index is 12.6. The number of carbonyl (C=O) groups excluding carboxylic acids is 2. The van der Waals surface area contributed by atoms with Crippen molar-refractivity contribution in [2.45, 2.75) is 65.8 Å². The van der Waals surface area contributed by atoms with Crippen LogP contribution in [0.4, 0.5) is 0 Å². The van der Waals surface area contributed by atoms with Gasteiger partial charge in [-0.2, -0.15) is 0 Å². The molecule has 0 amide bonds. The van der Waals surface area contributed by atoms with Gasteiger partial charge in [0.25, 0.3) is 0 Å². The van der Waals surface area contributed by atoms with Gasteiger partial charge in [-0.25, -0.2) is 4.79 Å². The van der Waals surface area contributed by atoms with E-state index in [1.807, 2.05) is 13.8 Å². The fourth-order valence-electron chi connectivity index (χ4n) is 3.46. The fraction of sp³-hybridized carbons (Fsp3) is 0.522. The number of esters is 2. The summed E-state index contributed by atoms with van der Waals surface area (Å²) in [6, 6.07) is 6.45. The summed E-state index contributed by atoms with van der Waals surface area (Å²) >= 11 is 0. The van der Waals surface area contributed by atoms with Gasteiger partial charge in [0.2, 0.25) is 0 Å². The van der Waals surface area contributed by atoms with E-state index in [1.54, 1.807) is 45.9 Å². The van der Waals surface area contributed by atoms with Gasteiger partial charge in [0, 0.05) is 17.9 Å². The van der Waals surface area contributed by atoms with Gasteiger partial charge in [0.1, 0.15) is 16.9 Å². The third-order valence-electron chi connectivity index (χ3n) is 4.95. The van der Waals surface area contributed by atoms with Crippen molar-refractivity contribution in [1.82, 2.24) is 0 Å². The van der Waals surface area contributed by atoms with Crippen molar-refractivity contribution in [2.24, 2.45) is 11.8 Å². The molecule has 2 heterocycles. The highest BCUT2D eigenvalue weighted by Gasteiger charge is 2.50. The average molecular weight is 416 g/mol. The number of ether oxygens (including phenoxy) is 3. The summed E-state index contributed by atoms with van der Waals surface area (Å²) in [6.45, 7) is 10.8. The lowest BCUT2D eigenvalue weighted by molar-refractivity contribution is -0.193. The van der Waals surface area contributed by atoms with E-state index < -0.39 is 35.4 Å². The molecule has 1 aliphatic heterocycles. The lowest BCUT2D eigenvalue weighted by atomic mass is 9.87. The van der Waals surface area contributed by atoms with Gasteiger partial charge in [-0.1, -0.05) is 27.7 Å². The average Bonchev–Trinajstić information content (AvgIpc) is 2.62. The molecule has 162 valence electrons. The highest BCUT2D eigenvalue weighted by molar-refractivity contribution is 5.84. The first-order chi connectivity index (χ1) is 14.0. The summed E-state index contributed by atoms with van der Waals surface area (Å²) in [5.41, 5.74) is -0.876. The van der Waals surface area contributed by atoms with Crippen LogP contribution in [-0.2, 0) is 19.1 Å². The molecule has 1 aromatic heterocycles. The van der Waals surface area contributed by atoms with Crippen LogP contribution in [-0.4, -0.2) is 23.6 Å². The molecule has 0 saturated carbocycles. The molecular formula is C23H28O7. The summed E-state index contributed by atoms with van der Waals surface area (Å²) in [5, 5.41) is 0.649. The first-order valence-corrected chi connectivity index (χ1v) is 10.2. The van der Waals surface area contributed by atoms with Crippen molar-refractivity contribution in [1.29, 1.82) is 0 Å². The largest absolute Gasteiger partial charge is 0.483 e. The molecule has 3 rings (SSSR count). The zero-order valence-corrected chi connectivity index (χ0v) is 18.2. The molecule has 0 N–H and O–H groups in total. The maximum Gasteiger partial charge on any atom is 0.336 e. The zero-order chi connectivity index (χ0) is 22.2. The van der Waals surface area contributed by atoms with Crippen LogP contribution in [0, 0.1) is 11.8 Å². The number of hydrogen-bond donors (Lipinski definition) is 0. The topological polar surface area (TPSA) is 92.0 Å². The van der Waals surface area contributed by atoms with E-state index in [1.165, 1.54) is 6.07 Å². The lowest BCUT2D eigenvalue weighted by Crippen LogP contribution is -2.52. The van der Waals surface area contributed by atoms with Crippen molar-refractivity contribution in [3.63, 3.8) is 0 Å². The second-order valence-corrected chi connectivity index (χ2v) is 8.88. The van der Waals surface area contributed by atoms with Gasteiger partial charge in [0.05, 0.1) is 11.5 Å². The molecule has 0 spiro atoms. The van der Waals surface area contributed by atoms with Crippen LogP contribution in [0.5, 0.6) is 5.75 Å². The molecule has 2 unspecified atom stereocenters. The van der Waals surface area contributed by atoms with Gasteiger partial charge in [-0.05, 0) is 38.0 Å². The van der Waals surface area contributed by atoms with Crippen LogP contribution in [0.3, 0.4) is 0 Å². The smallest absolute Gasteiger partial charge is 0.336 e. The van der Waals surface area contributed by atoms with Crippen molar-refractivity contribution >= 4 is 22.9 Å². The Bertz CT molecular complexity index is 1020. The van der Waals surface area contributed by atoms with Crippen LogP contribution in [0.15, 0.2) is 33.5 Å². The van der Waals surface area contributed by atoms with E-state index >= 15 is 0 Å². The van der Waals surface area contributed by atoms with E-state index in [0.29, 0.717) is 16.7 Å². The Kier molecular flexibility index (Phi) is 5.92. The normalized spacial score (nSPS) is 20.0. The van der Waals surface area contributed by atoms with Crippen LogP contribution in [0.25, 0.3) is 11.0 Å². The number of benzene rings is 1. The van der Waals surface area contributed by atoms with Gasteiger partial charge in [0.15, 0.2) is 12.2 Å². The second-order valence-electron chi connectivity index (χ2n) is 8.88. The van der Waals surface area contributed by atoms with Crippen LogP contribution >= 0.6 is 0 Å². The Morgan fingerprint density at radius 1 is 1.07 bits per heavy atom. The third kappa shape index (κ3) is 4.35. The number of rotatable bonds is 5. The summed E-state index contributed by atoms with van der Waals surface area (Å²) in [5.74, 6) is -0.737. The van der Waals surface area contributed by atoms with Gasteiger partial charge < -0.3 is 18.6 Å². The van der Waals surface area contributed by atoms with Gasteiger partial charge in [-0.3, -0.25) is 9.59 Å². The number of fused-ring (bicyclic) bond motifs is 3. The highest BCUT2D eigenvalue weighted by atomic mass is 16.6. The summed E-state index contributed by atoms with van der Waals surface area (Å²) < 4.78 is 23.2. The standard InChI is InChI=1S/C23H28O7/c1-12(2)11-17(25)28-20-18-15(9-7-14-8-10-16(24)27-19(14)18)30-23(5,6)21(20)29-22(26)13(3)4/h7-10,12-13,20-21H,11H2,1-6H3. The van der Waals surface area contributed by atoms with E-state index in [4.69, 9.17) is 18.6 Å². The van der Waals surface area contributed by atoms with Gasteiger partial charge >= 0.3 is 17.6 Å². The summed E-state index contributed by atoms with van der Waals surface area (Å²) in [7, 11) is 0. The first-order valence-electron chi connectivity index (χ1n) is 10.2. The number of carbonyl (C=O) groups is 2. The molecular weight excluding hydrogens is 388 g/mol. The molecule has 0 fully saturated rings. The Morgan fingerprint density at radius 2 is 1.73 bits per heavy atom. The molecule has 7 heteroatoms. The predicted octanol–water partition coefficient (Wildman–Crippen LogP) is 4.16. The highest BCUT2D eigenvalue weighted by Crippen LogP contribution is 2.46.